The van der Waals surface area contributed by atoms with Crippen molar-refractivity contribution in [3.8, 4) is 24.7 Å². The van der Waals surface area contributed by atoms with Crippen LogP contribution < -0.4 is 0 Å². The Morgan fingerprint density at radius 3 is 2.54 bits per heavy atom. The fraction of sp³-hybridized carbons (Fsp3) is 0.458. The molecule has 1 aliphatic carbocycles. The number of allylic oxidation sites excluding steroid dienone is 1. The summed E-state index contributed by atoms with van der Waals surface area (Å²) in [5.41, 5.74) is 4.59. The van der Waals surface area contributed by atoms with E-state index in [9.17, 15) is 4.79 Å². The van der Waals surface area contributed by atoms with E-state index in [2.05, 4.69) is 30.0 Å². The first-order valence-corrected chi connectivity index (χ1v) is 9.36. The summed E-state index contributed by atoms with van der Waals surface area (Å²) in [6.07, 6.45) is 17.2. The van der Waals surface area contributed by atoms with E-state index in [0.717, 1.165) is 24.0 Å². The third kappa shape index (κ3) is 4.80. The van der Waals surface area contributed by atoms with Gasteiger partial charge in [0.05, 0.1) is 5.92 Å². The Balaban J connectivity index is 2.23. The molecule has 0 aliphatic heterocycles. The molecular weight excluding hydrogens is 320 g/mol. The Hall–Kier alpha value is -2.45. The van der Waals surface area contributed by atoms with Gasteiger partial charge in [-0.3, -0.25) is 4.79 Å². The molecule has 136 valence electrons. The van der Waals surface area contributed by atoms with Gasteiger partial charge in [-0.05, 0) is 60.8 Å². The highest BCUT2D eigenvalue weighted by Gasteiger charge is 2.29. The van der Waals surface area contributed by atoms with Gasteiger partial charge in [0.25, 0.3) is 0 Å². The van der Waals surface area contributed by atoms with E-state index in [1.54, 1.807) is 0 Å². The van der Waals surface area contributed by atoms with E-state index in [1.165, 1.54) is 24.0 Å². The summed E-state index contributed by atoms with van der Waals surface area (Å²) in [5.74, 6) is 4.63. The fourth-order valence-corrected chi connectivity index (χ4v) is 3.51. The molecule has 0 heterocycles. The second-order valence-corrected chi connectivity index (χ2v) is 7.30. The molecule has 2 heteroatoms. The van der Waals surface area contributed by atoms with Crippen LogP contribution in [0.15, 0.2) is 29.8 Å². The second-order valence-electron chi connectivity index (χ2n) is 7.30. The van der Waals surface area contributed by atoms with Crippen LogP contribution in [-0.4, -0.2) is 12.1 Å². The van der Waals surface area contributed by atoms with Crippen molar-refractivity contribution in [1.29, 1.82) is 0 Å². The van der Waals surface area contributed by atoms with Crippen LogP contribution in [-0.2, 0) is 22.4 Å². The number of fused-ring (bicyclic) bond motifs is 1. The summed E-state index contributed by atoms with van der Waals surface area (Å²) in [4.78, 5) is 12.9. The minimum atomic E-state index is -0.672. The van der Waals surface area contributed by atoms with Gasteiger partial charge in [0.2, 0.25) is 0 Å². The third-order valence-corrected chi connectivity index (χ3v) is 4.99. The summed E-state index contributed by atoms with van der Waals surface area (Å²) < 4.78 is 5.67. The summed E-state index contributed by atoms with van der Waals surface area (Å²) in [5, 5.41) is 0. The van der Waals surface area contributed by atoms with E-state index in [-0.39, 0.29) is 17.8 Å². The molecule has 0 aromatic heterocycles. The molecule has 0 fully saturated rings. The van der Waals surface area contributed by atoms with Crippen LogP contribution in [0.3, 0.4) is 0 Å². The maximum atomic E-state index is 12.9. The number of aryl methyl sites for hydroxylation is 2. The van der Waals surface area contributed by atoms with Crippen molar-refractivity contribution >= 4 is 5.97 Å². The lowest BCUT2D eigenvalue weighted by molar-refractivity contribution is -0.148. The van der Waals surface area contributed by atoms with E-state index >= 15 is 0 Å². The van der Waals surface area contributed by atoms with Crippen LogP contribution in [0, 0.1) is 30.6 Å². The highest BCUT2D eigenvalue weighted by molar-refractivity contribution is 5.79. The van der Waals surface area contributed by atoms with Crippen LogP contribution in [0.5, 0.6) is 0 Å². The zero-order valence-corrected chi connectivity index (χ0v) is 16.0. The van der Waals surface area contributed by atoms with Crippen molar-refractivity contribution in [2.24, 2.45) is 5.92 Å². The predicted molar refractivity (Wildman–Crippen MR) is 107 cm³/mol. The van der Waals surface area contributed by atoms with E-state index in [4.69, 9.17) is 17.6 Å². The van der Waals surface area contributed by atoms with Gasteiger partial charge in [0.1, 0.15) is 0 Å². The van der Waals surface area contributed by atoms with E-state index in [0.29, 0.717) is 6.42 Å². The van der Waals surface area contributed by atoms with Gasteiger partial charge in [-0.1, -0.05) is 44.0 Å². The molecule has 0 bridgehead atoms. The molecule has 0 radical (unpaired) electrons. The number of rotatable bonds is 6. The Bertz CT molecular complexity index is 755. The topological polar surface area (TPSA) is 26.3 Å². The van der Waals surface area contributed by atoms with Crippen molar-refractivity contribution < 1.29 is 9.53 Å². The number of terminal acetylenes is 2. The van der Waals surface area contributed by atoms with Crippen molar-refractivity contribution in [2.45, 2.75) is 64.9 Å². The summed E-state index contributed by atoms with van der Waals surface area (Å²) in [6.45, 7) is 5.92. The molecule has 0 spiro atoms. The maximum Gasteiger partial charge on any atom is 0.315 e. The Morgan fingerprint density at radius 1 is 1.23 bits per heavy atom. The molecule has 0 N–H and O–H groups in total. The molecular formula is C24H28O2. The van der Waals surface area contributed by atoms with Gasteiger partial charge in [-0.2, -0.15) is 0 Å². The molecule has 2 nitrogen and oxygen atoms in total. The maximum absolute atomic E-state index is 12.9. The first kappa shape index (κ1) is 19.9. The predicted octanol–water partition coefficient (Wildman–Crippen LogP) is 4.82. The molecule has 1 aromatic carbocycles. The first-order chi connectivity index (χ1) is 12.5. The lowest BCUT2D eigenvalue weighted by atomic mass is 9.83. The number of hydrogen-bond acceptors (Lipinski definition) is 2. The second kappa shape index (κ2) is 9.30. The Morgan fingerprint density at radius 2 is 1.92 bits per heavy atom. The van der Waals surface area contributed by atoms with E-state index in [1.807, 2.05) is 26.8 Å². The zero-order valence-electron chi connectivity index (χ0n) is 16.0. The lowest BCUT2D eigenvalue weighted by Gasteiger charge is -2.24. The average molecular weight is 348 g/mol. The van der Waals surface area contributed by atoms with Crippen LogP contribution in [0.4, 0.5) is 0 Å². The highest BCUT2D eigenvalue weighted by Crippen LogP contribution is 2.31. The lowest BCUT2D eigenvalue weighted by Crippen LogP contribution is -2.26. The molecule has 26 heavy (non-hydrogen) atoms. The minimum absolute atomic E-state index is 0.123. The molecule has 1 aliphatic rings. The third-order valence-electron chi connectivity index (χ3n) is 4.99. The number of benzene rings is 1. The van der Waals surface area contributed by atoms with Crippen molar-refractivity contribution in [1.82, 2.24) is 0 Å². The number of carbonyl (C=O) groups is 1. The van der Waals surface area contributed by atoms with Crippen LogP contribution in [0.2, 0.25) is 0 Å². The van der Waals surface area contributed by atoms with Gasteiger partial charge in [-0.15, -0.1) is 18.8 Å². The number of ether oxygens (including phenoxy) is 1. The summed E-state index contributed by atoms with van der Waals surface area (Å²) in [7, 11) is 0. The standard InChI is InChI=1S/C24H28O2/c1-6-8-11-18(5)22(7-2)26-24(25)23(17(3)4)21-15-14-19-12-9-10-13-20(19)16-21/h1-2,11,14-17,22-23H,8-10,12-13H2,3-5H3/b18-11+. The molecule has 1 aromatic rings. The SMILES string of the molecule is C#CC/C=C(\C)C(C#C)OC(=O)C(c1ccc2c(c1)CCCC2)C(C)C. The van der Waals surface area contributed by atoms with Crippen LogP contribution in [0.25, 0.3) is 0 Å². The molecule has 2 unspecified atom stereocenters. The number of hydrogen-bond donors (Lipinski definition) is 0. The number of carbonyl (C=O) groups excluding carboxylic acids is 1. The molecule has 2 rings (SSSR count). The van der Waals surface area contributed by atoms with Gasteiger partial charge in [-0.25, -0.2) is 0 Å². The average Bonchev–Trinajstić information content (AvgIpc) is 2.63. The molecule has 0 saturated carbocycles. The van der Waals surface area contributed by atoms with Crippen molar-refractivity contribution in [3.05, 3.63) is 46.5 Å². The van der Waals surface area contributed by atoms with Crippen LogP contribution >= 0.6 is 0 Å². The monoisotopic (exact) mass is 348 g/mol. The van der Waals surface area contributed by atoms with Crippen LogP contribution in [0.1, 0.15) is 62.6 Å². The number of esters is 1. The highest BCUT2D eigenvalue weighted by atomic mass is 16.5. The van der Waals surface area contributed by atoms with Crippen molar-refractivity contribution in [3.63, 3.8) is 0 Å². The summed E-state index contributed by atoms with van der Waals surface area (Å²) in [6, 6.07) is 6.43. The van der Waals surface area contributed by atoms with Gasteiger partial charge < -0.3 is 4.74 Å². The Kier molecular flexibility index (Phi) is 7.11. The molecule has 0 amide bonds. The molecule has 2 atom stereocenters. The van der Waals surface area contributed by atoms with Gasteiger partial charge >= 0.3 is 5.97 Å². The normalized spacial score (nSPS) is 16.2. The Labute approximate surface area is 158 Å². The zero-order chi connectivity index (χ0) is 19.1. The van der Waals surface area contributed by atoms with Gasteiger partial charge in [0, 0.05) is 6.42 Å². The quantitative estimate of drug-likeness (QED) is 0.418. The smallest absolute Gasteiger partial charge is 0.315 e. The minimum Gasteiger partial charge on any atom is -0.444 e. The van der Waals surface area contributed by atoms with Gasteiger partial charge in [0.15, 0.2) is 6.10 Å². The fourth-order valence-electron chi connectivity index (χ4n) is 3.51. The first-order valence-electron chi connectivity index (χ1n) is 9.36. The van der Waals surface area contributed by atoms with E-state index < -0.39 is 6.10 Å². The van der Waals surface area contributed by atoms with Crippen molar-refractivity contribution in [2.75, 3.05) is 0 Å². The summed E-state index contributed by atoms with van der Waals surface area (Å²) >= 11 is 0. The molecule has 0 saturated heterocycles. The largest absolute Gasteiger partial charge is 0.444 e.